The Balaban J connectivity index is 0.982. The third kappa shape index (κ3) is 11.5. The molecular weight excluding hydrogens is 997 g/mol. The summed E-state index contributed by atoms with van der Waals surface area (Å²) in [5, 5.41) is 7.04. The maximum atomic E-state index is 13.3. The van der Waals surface area contributed by atoms with Crippen LogP contribution in [0.25, 0.3) is 22.3 Å². The molecule has 0 radical (unpaired) electrons. The van der Waals surface area contributed by atoms with Gasteiger partial charge in [-0.25, -0.2) is 14.8 Å². The van der Waals surface area contributed by atoms with Crippen LogP contribution < -0.4 is 36.9 Å². The van der Waals surface area contributed by atoms with Gasteiger partial charge >= 0.3 is 5.97 Å². The van der Waals surface area contributed by atoms with Gasteiger partial charge in [-0.1, -0.05) is 127 Å². The van der Waals surface area contributed by atoms with Gasteiger partial charge in [-0.15, -0.1) is 0 Å². The van der Waals surface area contributed by atoms with Crippen molar-refractivity contribution in [1.82, 2.24) is 39.0 Å². The molecule has 22 nitrogen and oxygen atoms in total. The molecule has 76 heavy (non-hydrogen) atoms. The molecule has 4 N–H and O–H groups in total. The average molecular weight is 1060 g/mol. The van der Waals surface area contributed by atoms with Gasteiger partial charge in [-0.2, -0.15) is 9.97 Å². The van der Waals surface area contributed by atoms with Gasteiger partial charge in [-0.05, 0) is 27.5 Å². The van der Waals surface area contributed by atoms with Crippen LogP contribution in [0.15, 0.2) is 113 Å². The summed E-state index contributed by atoms with van der Waals surface area (Å²) in [5.41, 5.74) is -0.651. The van der Waals surface area contributed by atoms with Gasteiger partial charge in [0.1, 0.15) is 43.8 Å². The Bertz CT molecular complexity index is 3230. The largest absolute Gasteiger partial charge is 0.482 e. The lowest BCUT2D eigenvalue weighted by Gasteiger charge is -2.45. The number of rotatable bonds is 20. The fourth-order valence-electron chi connectivity index (χ4n) is 9.35. The van der Waals surface area contributed by atoms with Gasteiger partial charge in [0.2, 0.25) is 23.7 Å². The van der Waals surface area contributed by atoms with Gasteiger partial charge in [0.05, 0.1) is 31.5 Å². The molecule has 2 aliphatic rings. The fourth-order valence-corrected chi connectivity index (χ4v) is 14.1. The molecule has 9 rings (SSSR count). The molecule has 6 atom stereocenters. The first-order chi connectivity index (χ1) is 36.5. The number of anilines is 2. The molecule has 2 fully saturated rings. The van der Waals surface area contributed by atoms with Crippen LogP contribution >= 0.6 is 0 Å². The number of esters is 1. The normalized spacial score (nSPS) is 19.9. The topological polar surface area (TPSA) is 267 Å². The smallest absolute Gasteiger partial charge is 0.344 e. The van der Waals surface area contributed by atoms with Crippen molar-refractivity contribution >= 4 is 70.7 Å². The van der Waals surface area contributed by atoms with Gasteiger partial charge in [0, 0.05) is 24.7 Å². The number of aromatic amines is 2. The maximum Gasteiger partial charge on any atom is 0.344 e. The van der Waals surface area contributed by atoms with E-state index in [0.717, 1.165) is 10.4 Å². The van der Waals surface area contributed by atoms with Crippen molar-refractivity contribution in [2.75, 3.05) is 37.2 Å². The fraction of sp³-hybridized carbons (Fsp3) is 0.415. The number of carbonyl (C=O) groups is 3. The lowest BCUT2D eigenvalue weighted by molar-refractivity contribution is -0.160. The van der Waals surface area contributed by atoms with Crippen molar-refractivity contribution < 1.29 is 47.2 Å². The lowest BCUT2D eigenvalue weighted by atomic mass is 10.2. The molecule has 0 saturated carbocycles. The number of H-pyrrole nitrogens is 2. The van der Waals surface area contributed by atoms with Crippen LogP contribution in [-0.2, 0) is 42.5 Å². The highest BCUT2D eigenvalue weighted by Crippen LogP contribution is 2.42. The van der Waals surface area contributed by atoms with E-state index in [-0.39, 0.29) is 90.9 Å². The van der Waals surface area contributed by atoms with Gasteiger partial charge in [0.15, 0.2) is 28.9 Å². The van der Waals surface area contributed by atoms with Crippen LogP contribution in [-0.4, -0.2) is 116 Å². The third-order valence-electron chi connectivity index (χ3n) is 13.3. The van der Waals surface area contributed by atoms with Crippen LogP contribution in [0.5, 0.6) is 5.75 Å². The minimum atomic E-state index is -3.20. The Hall–Kier alpha value is -7.41. The third-order valence-corrected chi connectivity index (χ3v) is 18.3. The number of para-hydroxylation sites is 1. The van der Waals surface area contributed by atoms with Crippen LogP contribution in [0.4, 0.5) is 11.9 Å². The second-order valence-corrected chi connectivity index (χ2v) is 24.5. The van der Waals surface area contributed by atoms with Crippen molar-refractivity contribution in [2.24, 2.45) is 11.8 Å². The van der Waals surface area contributed by atoms with E-state index < -0.39 is 67.3 Å². The minimum Gasteiger partial charge on any atom is -0.482 e. The predicted molar refractivity (Wildman–Crippen MR) is 281 cm³/mol. The molecule has 6 heterocycles. The summed E-state index contributed by atoms with van der Waals surface area (Å²) in [6.07, 6.45) is -1.05. The minimum absolute atomic E-state index is 0.0209. The summed E-state index contributed by atoms with van der Waals surface area (Å²) >= 11 is 0. The van der Waals surface area contributed by atoms with E-state index in [1.54, 1.807) is 61.1 Å². The first-order valence-electron chi connectivity index (χ1n) is 25.2. The first kappa shape index (κ1) is 53.4. The van der Waals surface area contributed by atoms with Crippen molar-refractivity contribution in [3.63, 3.8) is 0 Å². The Labute approximate surface area is 437 Å². The molecular formula is C53H62N10O12Si. The summed E-state index contributed by atoms with van der Waals surface area (Å²) in [7, 11) is -3.20. The number of hydrogen-bond acceptors (Lipinski definition) is 16. The van der Waals surface area contributed by atoms with E-state index in [2.05, 4.69) is 85.6 Å². The van der Waals surface area contributed by atoms with E-state index in [4.69, 9.17) is 32.8 Å². The van der Waals surface area contributed by atoms with E-state index in [0.29, 0.717) is 12.2 Å². The molecule has 0 aliphatic carbocycles. The Morgan fingerprint density at radius 1 is 0.697 bits per heavy atom. The van der Waals surface area contributed by atoms with E-state index in [1.165, 1.54) is 12.7 Å². The number of fused-ring (bicyclic) bond motifs is 2. The molecule has 2 aliphatic heterocycles. The van der Waals surface area contributed by atoms with E-state index in [9.17, 15) is 24.0 Å². The molecule has 0 bridgehead atoms. The van der Waals surface area contributed by atoms with Crippen LogP contribution in [0.1, 0.15) is 73.8 Å². The van der Waals surface area contributed by atoms with Crippen LogP contribution in [0.3, 0.4) is 0 Å². The summed E-state index contributed by atoms with van der Waals surface area (Å²) < 4.78 is 48.3. The number of nitrogens with one attached hydrogen (secondary N) is 4. The van der Waals surface area contributed by atoms with E-state index >= 15 is 0 Å². The second kappa shape index (κ2) is 22.8. The standard InChI is InChI=1S/C53H62N10O12Si/c1-31(2)47(65)58-51-56-45-43(49(67)60-51)54-28-62(45)40-23-36(39(74-40)26-71-42(64)27-70-33-17-11-8-12-18-33)72-30-69-25-38-37(75-76(53(5,6)7,34-19-13-9-14-20-34)35-21-15-10-16-22-35)24-41(73-38)63-29-55-44-46(63)57-52(61-50(44)68)59-48(66)32(3)4/h8-22,28-29,31-32,36-41H,23-27,30H2,1-7H3,(H2,56,58,60,65,67)(H2,57,59,61,66,68)/t36-,37-,38+,39+,40+,41+/m0/s1. The summed E-state index contributed by atoms with van der Waals surface area (Å²) in [5.74, 6) is -1.64. The Morgan fingerprint density at radius 3 is 1.66 bits per heavy atom. The van der Waals surface area contributed by atoms with E-state index in [1.807, 2.05) is 42.5 Å². The second-order valence-electron chi connectivity index (χ2n) is 20.3. The predicted octanol–water partition coefficient (Wildman–Crippen LogP) is 4.94. The molecule has 3 aromatic carbocycles. The molecule has 2 amide bonds. The van der Waals surface area contributed by atoms with Crippen molar-refractivity contribution in [3.05, 3.63) is 124 Å². The zero-order chi connectivity index (χ0) is 53.7. The molecule has 7 aromatic rings. The Kier molecular flexibility index (Phi) is 16.0. The average Bonchev–Trinajstić information content (AvgIpc) is 4.22. The quantitative estimate of drug-likeness (QED) is 0.0341. The molecule has 400 valence electrons. The van der Waals surface area contributed by atoms with Gasteiger partial charge in [0.25, 0.3) is 19.4 Å². The number of aromatic nitrogens is 8. The number of carbonyl (C=O) groups excluding carboxylic acids is 3. The maximum absolute atomic E-state index is 13.3. The molecule has 4 aromatic heterocycles. The number of amides is 2. The number of imidazole rings is 2. The molecule has 0 spiro atoms. The number of hydrogen-bond donors (Lipinski definition) is 4. The van der Waals surface area contributed by atoms with Gasteiger partial charge < -0.3 is 32.8 Å². The highest BCUT2D eigenvalue weighted by molar-refractivity contribution is 6.99. The highest BCUT2D eigenvalue weighted by atomic mass is 28.4. The zero-order valence-electron chi connectivity index (χ0n) is 43.3. The number of benzene rings is 3. The van der Waals surface area contributed by atoms with Crippen LogP contribution in [0, 0.1) is 11.8 Å². The summed E-state index contributed by atoms with van der Waals surface area (Å²) in [6, 6.07) is 29.3. The monoisotopic (exact) mass is 1060 g/mol. The number of nitrogens with zero attached hydrogens (tertiary/aromatic N) is 6. The number of ether oxygens (including phenoxy) is 6. The zero-order valence-corrected chi connectivity index (χ0v) is 44.3. The SMILES string of the molecule is CC(C)C(=O)Nc1nc2c(ncn2[C@H]2C[C@H](OCOC[C@H]3O[C@@H](n4cnc5c(=O)[nH]c(NC(=O)C(C)C)nc54)C[C@@H]3O[Si](c3ccccc3)(c3ccccc3)C(C)(C)C)[C@@H](COC(=O)COc3ccccc3)O2)c(=O)[nH]1. The van der Waals surface area contributed by atoms with Gasteiger partial charge in [-0.3, -0.25) is 48.9 Å². The summed E-state index contributed by atoms with van der Waals surface area (Å²) in [6.45, 7) is 12.6. The van der Waals surface area contributed by atoms with Crippen molar-refractivity contribution in [2.45, 2.75) is 103 Å². The van der Waals surface area contributed by atoms with Crippen LogP contribution in [0.2, 0.25) is 5.04 Å². The first-order valence-corrected chi connectivity index (χ1v) is 27.1. The Morgan fingerprint density at radius 2 is 1.17 bits per heavy atom. The molecule has 23 heteroatoms. The van der Waals surface area contributed by atoms with Crippen molar-refractivity contribution in [3.8, 4) is 5.75 Å². The lowest BCUT2D eigenvalue weighted by Crippen LogP contribution is -2.68. The summed E-state index contributed by atoms with van der Waals surface area (Å²) in [4.78, 5) is 87.7. The van der Waals surface area contributed by atoms with Crippen molar-refractivity contribution in [1.29, 1.82) is 0 Å². The highest BCUT2D eigenvalue weighted by Gasteiger charge is 2.54. The molecule has 0 unspecified atom stereocenters. The molecule has 2 saturated heterocycles.